The highest BCUT2D eigenvalue weighted by molar-refractivity contribution is 5.78. The van der Waals surface area contributed by atoms with Crippen LogP contribution in [0, 0.1) is 17.3 Å². The van der Waals surface area contributed by atoms with E-state index in [0.29, 0.717) is 13.1 Å². The Bertz CT molecular complexity index is 373. The predicted octanol–water partition coefficient (Wildman–Crippen LogP) is 1.57. The van der Waals surface area contributed by atoms with Gasteiger partial charge in [-0.3, -0.25) is 4.79 Å². The maximum Gasteiger partial charge on any atom is 0.410 e. The quantitative estimate of drug-likeness (QED) is 0.756. The van der Waals surface area contributed by atoms with Crippen molar-refractivity contribution in [3.05, 3.63) is 0 Å². The van der Waals surface area contributed by atoms with E-state index in [1.807, 2.05) is 27.7 Å². The molecule has 2 aliphatic rings. The van der Waals surface area contributed by atoms with Crippen molar-refractivity contribution in [1.82, 2.24) is 4.90 Å². The van der Waals surface area contributed by atoms with E-state index in [9.17, 15) is 9.59 Å². The van der Waals surface area contributed by atoms with Gasteiger partial charge in [0.05, 0.1) is 5.92 Å². The van der Waals surface area contributed by atoms with Gasteiger partial charge < -0.3 is 14.7 Å². The molecular formula is C12H19NO4. The maximum absolute atomic E-state index is 11.8. The van der Waals surface area contributed by atoms with Crippen LogP contribution in [0.2, 0.25) is 0 Å². The highest BCUT2D eigenvalue weighted by atomic mass is 16.6. The number of carbonyl (C=O) groups is 2. The summed E-state index contributed by atoms with van der Waals surface area (Å²) in [6, 6.07) is 0. The Kier molecular flexibility index (Phi) is 2.42. The second-order valence-corrected chi connectivity index (χ2v) is 6.29. The third kappa shape index (κ3) is 1.98. The highest BCUT2D eigenvalue weighted by Crippen LogP contribution is 2.63. The average Bonchev–Trinajstić information content (AvgIpc) is 2.52. The first-order chi connectivity index (χ1) is 7.65. The molecule has 17 heavy (non-hydrogen) atoms. The van der Waals surface area contributed by atoms with Gasteiger partial charge in [0.15, 0.2) is 0 Å². The standard InChI is InChI=1S/C12H19NO4/c1-11(2,3)17-10(16)13-5-7-8(9(14)15)12(7,4)6-13/h7-8H,5-6H2,1-4H3,(H,14,15). The molecule has 2 fully saturated rings. The monoisotopic (exact) mass is 241 g/mol. The summed E-state index contributed by atoms with van der Waals surface area (Å²) in [6.07, 6.45) is -0.338. The Hall–Kier alpha value is -1.26. The predicted molar refractivity (Wildman–Crippen MR) is 60.5 cm³/mol. The Labute approximate surface area is 101 Å². The zero-order valence-corrected chi connectivity index (χ0v) is 10.7. The van der Waals surface area contributed by atoms with Crippen LogP contribution in [0.25, 0.3) is 0 Å². The van der Waals surface area contributed by atoms with Crippen molar-refractivity contribution in [3.8, 4) is 0 Å². The first kappa shape index (κ1) is 12.2. The number of carbonyl (C=O) groups excluding carboxylic acids is 1. The number of carboxylic acids is 1. The van der Waals surface area contributed by atoms with Crippen molar-refractivity contribution in [2.75, 3.05) is 13.1 Å². The van der Waals surface area contributed by atoms with E-state index >= 15 is 0 Å². The summed E-state index contributed by atoms with van der Waals surface area (Å²) in [4.78, 5) is 24.4. The van der Waals surface area contributed by atoms with Crippen molar-refractivity contribution in [3.63, 3.8) is 0 Å². The molecule has 0 aromatic carbocycles. The number of amides is 1. The summed E-state index contributed by atoms with van der Waals surface area (Å²) < 4.78 is 5.27. The molecule has 5 nitrogen and oxygen atoms in total. The number of ether oxygens (including phenoxy) is 1. The largest absolute Gasteiger partial charge is 0.481 e. The molecule has 2 rings (SSSR count). The fraction of sp³-hybridized carbons (Fsp3) is 0.833. The summed E-state index contributed by atoms with van der Waals surface area (Å²) in [5, 5.41) is 9.00. The van der Waals surface area contributed by atoms with Crippen LogP contribution in [0.5, 0.6) is 0 Å². The van der Waals surface area contributed by atoms with E-state index < -0.39 is 11.6 Å². The SMILES string of the molecule is CC(C)(C)OC(=O)N1CC2C(C(=O)O)C2(C)C1. The number of aliphatic carboxylic acids is 1. The van der Waals surface area contributed by atoms with E-state index in [-0.39, 0.29) is 23.3 Å². The minimum absolute atomic E-state index is 0.0903. The second-order valence-electron chi connectivity index (χ2n) is 6.29. The molecular weight excluding hydrogens is 222 g/mol. The summed E-state index contributed by atoms with van der Waals surface area (Å²) in [7, 11) is 0. The number of carboxylic acid groups (broad SMARTS) is 1. The zero-order chi connectivity index (χ0) is 13.0. The van der Waals surface area contributed by atoms with Crippen molar-refractivity contribution < 1.29 is 19.4 Å². The number of nitrogens with zero attached hydrogens (tertiary/aromatic N) is 1. The summed E-state index contributed by atoms with van der Waals surface area (Å²) in [5.74, 6) is -0.949. The Balaban J connectivity index is 1.94. The van der Waals surface area contributed by atoms with E-state index in [1.165, 1.54) is 0 Å². The molecule has 0 aromatic heterocycles. The molecule has 1 amide bonds. The molecule has 1 saturated carbocycles. The molecule has 1 N–H and O–H groups in total. The van der Waals surface area contributed by atoms with Gasteiger partial charge in [0.1, 0.15) is 5.60 Å². The molecule has 0 spiro atoms. The topological polar surface area (TPSA) is 66.8 Å². The van der Waals surface area contributed by atoms with Gasteiger partial charge in [-0.1, -0.05) is 6.92 Å². The molecule has 3 atom stereocenters. The van der Waals surface area contributed by atoms with Gasteiger partial charge in [0.2, 0.25) is 0 Å². The molecule has 0 radical (unpaired) electrons. The van der Waals surface area contributed by atoms with E-state index in [0.717, 1.165) is 0 Å². The molecule has 1 heterocycles. The third-order valence-corrected chi connectivity index (χ3v) is 3.72. The van der Waals surface area contributed by atoms with Crippen LogP contribution in [0.1, 0.15) is 27.7 Å². The number of rotatable bonds is 1. The Morgan fingerprint density at radius 3 is 2.35 bits per heavy atom. The van der Waals surface area contributed by atoms with Gasteiger partial charge >= 0.3 is 12.1 Å². The Morgan fingerprint density at radius 2 is 2.00 bits per heavy atom. The van der Waals surface area contributed by atoms with Crippen LogP contribution >= 0.6 is 0 Å². The first-order valence-electron chi connectivity index (χ1n) is 5.86. The van der Waals surface area contributed by atoms with Crippen LogP contribution in [0.3, 0.4) is 0 Å². The number of fused-ring (bicyclic) bond motifs is 1. The van der Waals surface area contributed by atoms with Crippen LogP contribution in [-0.2, 0) is 9.53 Å². The van der Waals surface area contributed by atoms with E-state index in [4.69, 9.17) is 9.84 Å². The lowest BCUT2D eigenvalue weighted by atomic mass is 10.1. The molecule has 0 aromatic rings. The molecule has 96 valence electrons. The van der Waals surface area contributed by atoms with Crippen LogP contribution in [0.4, 0.5) is 4.79 Å². The summed E-state index contributed by atoms with van der Waals surface area (Å²) in [6.45, 7) is 8.39. The summed E-state index contributed by atoms with van der Waals surface area (Å²) in [5.41, 5.74) is -0.750. The average molecular weight is 241 g/mol. The maximum atomic E-state index is 11.8. The lowest BCUT2D eigenvalue weighted by Crippen LogP contribution is -2.38. The third-order valence-electron chi connectivity index (χ3n) is 3.72. The van der Waals surface area contributed by atoms with E-state index in [1.54, 1.807) is 4.90 Å². The van der Waals surface area contributed by atoms with Crippen molar-refractivity contribution in [2.24, 2.45) is 17.3 Å². The van der Waals surface area contributed by atoms with Crippen LogP contribution in [0.15, 0.2) is 0 Å². The van der Waals surface area contributed by atoms with Gasteiger partial charge in [-0.05, 0) is 26.7 Å². The molecule has 1 aliphatic carbocycles. The Morgan fingerprint density at radius 1 is 1.41 bits per heavy atom. The number of hydrogen-bond acceptors (Lipinski definition) is 3. The second kappa shape index (κ2) is 3.37. The molecule has 1 aliphatic heterocycles. The van der Waals surface area contributed by atoms with Gasteiger partial charge in [0, 0.05) is 18.5 Å². The fourth-order valence-corrected chi connectivity index (χ4v) is 2.82. The van der Waals surface area contributed by atoms with Crippen molar-refractivity contribution in [2.45, 2.75) is 33.3 Å². The summed E-state index contributed by atoms with van der Waals surface area (Å²) >= 11 is 0. The number of hydrogen-bond donors (Lipinski definition) is 1. The molecule has 5 heteroatoms. The van der Waals surface area contributed by atoms with Gasteiger partial charge in [-0.2, -0.15) is 0 Å². The molecule has 1 saturated heterocycles. The molecule has 0 bridgehead atoms. The fourth-order valence-electron chi connectivity index (χ4n) is 2.82. The smallest absolute Gasteiger partial charge is 0.410 e. The minimum Gasteiger partial charge on any atom is -0.481 e. The minimum atomic E-state index is -0.749. The van der Waals surface area contributed by atoms with Gasteiger partial charge in [0.25, 0.3) is 0 Å². The van der Waals surface area contributed by atoms with Crippen LogP contribution in [-0.4, -0.2) is 40.8 Å². The highest BCUT2D eigenvalue weighted by Gasteiger charge is 2.70. The van der Waals surface area contributed by atoms with Gasteiger partial charge in [-0.15, -0.1) is 0 Å². The lowest BCUT2D eigenvalue weighted by Gasteiger charge is -2.26. The normalized spacial score (nSPS) is 35.4. The van der Waals surface area contributed by atoms with Crippen molar-refractivity contribution in [1.29, 1.82) is 0 Å². The van der Waals surface area contributed by atoms with E-state index in [2.05, 4.69) is 0 Å². The number of piperidine rings is 1. The van der Waals surface area contributed by atoms with Gasteiger partial charge in [-0.25, -0.2) is 4.79 Å². The number of likely N-dealkylation sites (tertiary alicyclic amines) is 1. The molecule has 3 unspecified atom stereocenters. The van der Waals surface area contributed by atoms with Crippen molar-refractivity contribution >= 4 is 12.1 Å². The van der Waals surface area contributed by atoms with Crippen LogP contribution < -0.4 is 0 Å². The lowest BCUT2D eigenvalue weighted by molar-refractivity contribution is -0.140. The zero-order valence-electron chi connectivity index (χ0n) is 10.7. The first-order valence-corrected chi connectivity index (χ1v) is 5.86.